The van der Waals surface area contributed by atoms with E-state index < -0.39 is 9.84 Å². The molecule has 1 aromatic heterocycles. The molecule has 1 unspecified atom stereocenters. The zero-order valence-electron chi connectivity index (χ0n) is 18.4. The predicted molar refractivity (Wildman–Crippen MR) is 121 cm³/mol. The Morgan fingerprint density at radius 2 is 1.97 bits per heavy atom. The molecule has 7 nitrogen and oxygen atoms in total. The van der Waals surface area contributed by atoms with Gasteiger partial charge < -0.3 is 14.6 Å². The average Bonchev–Trinajstić information content (AvgIpc) is 3.10. The van der Waals surface area contributed by atoms with Gasteiger partial charge in [0.15, 0.2) is 15.6 Å². The topological polar surface area (TPSA) is 96.7 Å². The summed E-state index contributed by atoms with van der Waals surface area (Å²) in [5.74, 6) is -0.829. The van der Waals surface area contributed by atoms with Gasteiger partial charge >= 0.3 is 0 Å². The van der Waals surface area contributed by atoms with Crippen LogP contribution in [0.1, 0.15) is 61.6 Å². The molecule has 0 aliphatic carbocycles. The Labute approximate surface area is 184 Å². The maximum atomic E-state index is 13.3. The number of carbonyl (C=O) groups is 2. The number of fused-ring (bicyclic) bond motifs is 1. The molecule has 0 bridgehead atoms. The molecule has 0 radical (unpaired) electrons. The second kappa shape index (κ2) is 10.3. The number of para-hydroxylation sites is 1. The van der Waals surface area contributed by atoms with E-state index in [1.54, 1.807) is 29.2 Å². The Morgan fingerprint density at radius 3 is 2.71 bits per heavy atom. The van der Waals surface area contributed by atoms with Gasteiger partial charge in [0.05, 0.1) is 11.7 Å². The largest absolute Gasteiger partial charge is 0.451 e. The van der Waals surface area contributed by atoms with E-state index in [-0.39, 0.29) is 29.2 Å². The third kappa shape index (κ3) is 6.09. The first-order valence-corrected chi connectivity index (χ1v) is 13.1. The lowest BCUT2D eigenvalue weighted by atomic mass is 9.96. The van der Waals surface area contributed by atoms with Crippen LogP contribution in [0.15, 0.2) is 28.7 Å². The first-order chi connectivity index (χ1) is 14.8. The summed E-state index contributed by atoms with van der Waals surface area (Å²) in [5, 5.41) is 3.63. The number of unbranched alkanes of at least 4 members (excludes halogenated alkanes) is 3. The van der Waals surface area contributed by atoms with Crippen molar-refractivity contribution in [2.45, 2.75) is 51.2 Å². The van der Waals surface area contributed by atoms with Gasteiger partial charge in [-0.1, -0.05) is 44.4 Å². The fourth-order valence-corrected chi connectivity index (χ4v) is 4.91. The number of sulfone groups is 1. The van der Waals surface area contributed by atoms with Crippen LogP contribution in [0.5, 0.6) is 0 Å². The molecule has 1 fully saturated rings. The van der Waals surface area contributed by atoms with E-state index in [1.807, 2.05) is 0 Å². The fraction of sp³-hybridized carbons (Fsp3) is 0.565. The standard InChI is InChI=1S/C23H32N2O5S/c1-3-4-5-8-13-24-22(26)17-10-9-14-25(15-17)23(27)21-19(16-31(2,28)29)18-11-6-7-12-20(18)30-21/h6-7,11-12,17H,3-5,8-10,13-16H2,1-2H3,(H,24,26). The van der Waals surface area contributed by atoms with Crippen molar-refractivity contribution >= 4 is 32.6 Å². The van der Waals surface area contributed by atoms with Crippen molar-refractivity contribution in [3.63, 3.8) is 0 Å². The lowest BCUT2D eigenvalue weighted by Gasteiger charge is -2.31. The Balaban J connectivity index is 1.73. The molecule has 170 valence electrons. The third-order valence-electron chi connectivity index (χ3n) is 5.71. The Bertz CT molecular complexity index is 1030. The molecule has 0 spiro atoms. The Hall–Kier alpha value is -2.35. The zero-order chi connectivity index (χ0) is 22.4. The van der Waals surface area contributed by atoms with E-state index >= 15 is 0 Å². The minimum atomic E-state index is -3.36. The summed E-state index contributed by atoms with van der Waals surface area (Å²) < 4.78 is 29.8. The molecule has 2 heterocycles. The van der Waals surface area contributed by atoms with Crippen molar-refractivity contribution in [2.75, 3.05) is 25.9 Å². The van der Waals surface area contributed by atoms with Gasteiger partial charge in [-0.3, -0.25) is 9.59 Å². The zero-order valence-corrected chi connectivity index (χ0v) is 19.2. The van der Waals surface area contributed by atoms with Gasteiger partial charge in [0.2, 0.25) is 5.91 Å². The molecule has 1 aromatic carbocycles. The van der Waals surface area contributed by atoms with Gasteiger partial charge in [-0.05, 0) is 25.3 Å². The van der Waals surface area contributed by atoms with Crippen molar-refractivity contribution in [1.82, 2.24) is 10.2 Å². The fourth-order valence-electron chi connectivity index (χ4n) is 4.10. The summed E-state index contributed by atoms with van der Waals surface area (Å²) in [5.41, 5.74) is 0.883. The van der Waals surface area contributed by atoms with Crippen LogP contribution in [0.25, 0.3) is 11.0 Å². The highest BCUT2D eigenvalue weighted by Crippen LogP contribution is 2.30. The molecular weight excluding hydrogens is 416 g/mol. The number of carbonyl (C=O) groups excluding carboxylic acids is 2. The van der Waals surface area contributed by atoms with E-state index in [1.165, 1.54) is 0 Å². The Kier molecular flexibility index (Phi) is 7.75. The van der Waals surface area contributed by atoms with E-state index in [0.29, 0.717) is 36.2 Å². The van der Waals surface area contributed by atoms with Crippen molar-refractivity contribution in [2.24, 2.45) is 5.92 Å². The number of furan rings is 1. The number of likely N-dealkylation sites (tertiary alicyclic amines) is 1. The number of piperidine rings is 1. The molecule has 8 heteroatoms. The molecule has 1 saturated heterocycles. The highest BCUT2D eigenvalue weighted by Gasteiger charge is 2.32. The van der Waals surface area contributed by atoms with Gasteiger partial charge in [-0.2, -0.15) is 0 Å². The molecule has 1 aliphatic heterocycles. The number of nitrogens with zero attached hydrogens (tertiary/aromatic N) is 1. The number of nitrogens with one attached hydrogen (secondary N) is 1. The van der Waals surface area contributed by atoms with Crippen LogP contribution in [0.2, 0.25) is 0 Å². The summed E-state index contributed by atoms with van der Waals surface area (Å²) in [6.45, 7) is 3.64. The van der Waals surface area contributed by atoms with E-state index in [0.717, 1.165) is 44.8 Å². The van der Waals surface area contributed by atoms with Crippen LogP contribution in [0.4, 0.5) is 0 Å². The number of hydrogen-bond acceptors (Lipinski definition) is 5. The van der Waals surface area contributed by atoms with Gasteiger partial charge in [0.25, 0.3) is 5.91 Å². The normalized spacial score (nSPS) is 17.1. The first kappa shape index (κ1) is 23.3. The van der Waals surface area contributed by atoms with E-state index in [4.69, 9.17) is 4.42 Å². The quantitative estimate of drug-likeness (QED) is 0.592. The molecular formula is C23H32N2O5S. The van der Waals surface area contributed by atoms with E-state index in [2.05, 4.69) is 12.2 Å². The third-order valence-corrected chi connectivity index (χ3v) is 6.52. The van der Waals surface area contributed by atoms with Gasteiger partial charge in [0, 0.05) is 36.8 Å². The van der Waals surface area contributed by atoms with Crippen LogP contribution >= 0.6 is 0 Å². The maximum absolute atomic E-state index is 13.3. The maximum Gasteiger partial charge on any atom is 0.289 e. The lowest BCUT2D eigenvalue weighted by molar-refractivity contribution is -0.126. The molecule has 31 heavy (non-hydrogen) atoms. The predicted octanol–water partition coefficient (Wildman–Crippen LogP) is 3.53. The van der Waals surface area contributed by atoms with Crippen LogP contribution in [-0.4, -0.2) is 51.0 Å². The first-order valence-electron chi connectivity index (χ1n) is 11.0. The number of amides is 2. The monoisotopic (exact) mass is 448 g/mol. The summed E-state index contributed by atoms with van der Waals surface area (Å²) in [6, 6.07) is 7.07. The van der Waals surface area contributed by atoms with Crippen molar-refractivity contribution in [3.05, 3.63) is 35.6 Å². The smallest absolute Gasteiger partial charge is 0.289 e. The minimum absolute atomic E-state index is 0.0186. The molecule has 1 atom stereocenters. The molecule has 1 aliphatic rings. The van der Waals surface area contributed by atoms with Crippen LogP contribution in [-0.2, 0) is 20.4 Å². The van der Waals surface area contributed by atoms with Crippen LogP contribution < -0.4 is 5.32 Å². The molecule has 0 saturated carbocycles. The van der Waals surface area contributed by atoms with Crippen molar-refractivity contribution < 1.29 is 22.4 Å². The molecule has 2 aromatic rings. The van der Waals surface area contributed by atoms with Gasteiger partial charge in [-0.15, -0.1) is 0 Å². The SMILES string of the molecule is CCCCCCNC(=O)C1CCCN(C(=O)c2oc3ccccc3c2CS(C)(=O)=O)C1. The molecule has 2 amide bonds. The van der Waals surface area contributed by atoms with Gasteiger partial charge in [0.1, 0.15) is 5.58 Å². The van der Waals surface area contributed by atoms with Crippen LogP contribution in [0, 0.1) is 5.92 Å². The van der Waals surface area contributed by atoms with Crippen molar-refractivity contribution in [3.8, 4) is 0 Å². The van der Waals surface area contributed by atoms with Gasteiger partial charge in [-0.25, -0.2) is 8.42 Å². The lowest BCUT2D eigenvalue weighted by Crippen LogP contribution is -2.45. The molecule has 1 N–H and O–H groups in total. The van der Waals surface area contributed by atoms with Crippen molar-refractivity contribution in [1.29, 1.82) is 0 Å². The molecule has 3 rings (SSSR count). The average molecular weight is 449 g/mol. The number of rotatable bonds is 9. The van der Waals surface area contributed by atoms with E-state index in [9.17, 15) is 18.0 Å². The van der Waals surface area contributed by atoms with Crippen LogP contribution in [0.3, 0.4) is 0 Å². The highest BCUT2D eigenvalue weighted by atomic mass is 32.2. The summed E-state index contributed by atoms with van der Waals surface area (Å²) in [4.78, 5) is 27.5. The minimum Gasteiger partial charge on any atom is -0.451 e. The second-order valence-corrected chi connectivity index (χ2v) is 10.6. The number of hydrogen-bond donors (Lipinski definition) is 1. The second-order valence-electron chi connectivity index (χ2n) is 8.42. The number of benzene rings is 1. The summed E-state index contributed by atoms with van der Waals surface area (Å²) in [6.07, 6.45) is 6.97. The summed E-state index contributed by atoms with van der Waals surface area (Å²) >= 11 is 0. The Morgan fingerprint density at radius 1 is 1.19 bits per heavy atom. The highest BCUT2D eigenvalue weighted by molar-refractivity contribution is 7.89. The summed E-state index contributed by atoms with van der Waals surface area (Å²) in [7, 11) is -3.36.